The fourth-order valence-corrected chi connectivity index (χ4v) is 6.55. The lowest BCUT2D eigenvalue weighted by molar-refractivity contribution is -0.150. The van der Waals surface area contributed by atoms with Crippen molar-refractivity contribution >= 4 is 28.5 Å². The van der Waals surface area contributed by atoms with Gasteiger partial charge in [-0.25, -0.2) is 9.97 Å². The van der Waals surface area contributed by atoms with E-state index in [-0.39, 0.29) is 36.9 Å². The van der Waals surface area contributed by atoms with Crippen LogP contribution >= 0.6 is 0 Å². The number of carbonyl (C=O) groups is 2. The van der Waals surface area contributed by atoms with Crippen LogP contribution in [0.3, 0.4) is 0 Å². The Kier molecular flexibility index (Phi) is 6.04. The first-order valence-electron chi connectivity index (χ1n) is 14.2. The number of amides is 2. The molecular weight excluding hydrogens is 537 g/mol. The van der Waals surface area contributed by atoms with Gasteiger partial charge in [0, 0.05) is 36.2 Å². The molecule has 41 heavy (non-hydrogen) atoms. The summed E-state index contributed by atoms with van der Waals surface area (Å²) in [4.78, 5) is 35.9. The number of benzene rings is 1. The molecule has 1 aliphatic carbocycles. The SMILES string of the molecule is C[C@@H](Oc1nc(-c2ccc3c(c2)NC(=O)C32CCN(CC(F)(F)F)CC2)cc2ncn(C3CC3)c12)[C@H]1CNC(=O)C1. The van der Waals surface area contributed by atoms with Gasteiger partial charge in [-0.3, -0.25) is 14.5 Å². The number of piperidine rings is 1. The van der Waals surface area contributed by atoms with E-state index in [9.17, 15) is 22.8 Å². The van der Waals surface area contributed by atoms with Crippen LogP contribution in [-0.4, -0.2) is 69.7 Å². The molecule has 3 aromatic rings. The summed E-state index contributed by atoms with van der Waals surface area (Å²) in [5, 5.41) is 5.85. The Labute approximate surface area is 234 Å². The lowest BCUT2D eigenvalue weighted by Gasteiger charge is -2.38. The van der Waals surface area contributed by atoms with Crippen molar-refractivity contribution in [2.45, 2.75) is 62.8 Å². The molecule has 5 heterocycles. The highest BCUT2D eigenvalue weighted by Crippen LogP contribution is 2.47. The van der Waals surface area contributed by atoms with Gasteiger partial charge >= 0.3 is 6.18 Å². The highest BCUT2D eigenvalue weighted by molar-refractivity contribution is 6.07. The van der Waals surface area contributed by atoms with Gasteiger partial charge in [0.05, 0.1) is 29.5 Å². The number of rotatable bonds is 6. The van der Waals surface area contributed by atoms with Crippen LogP contribution < -0.4 is 15.4 Å². The maximum atomic E-state index is 13.2. The number of nitrogens with zero attached hydrogens (tertiary/aromatic N) is 4. The zero-order valence-electron chi connectivity index (χ0n) is 22.6. The summed E-state index contributed by atoms with van der Waals surface area (Å²) < 4.78 is 47.3. The molecule has 9 nitrogen and oxygen atoms in total. The van der Waals surface area contributed by atoms with Gasteiger partial charge in [-0.15, -0.1) is 0 Å². The van der Waals surface area contributed by atoms with Gasteiger partial charge in [-0.1, -0.05) is 12.1 Å². The summed E-state index contributed by atoms with van der Waals surface area (Å²) in [5.74, 6) is 0.353. The van der Waals surface area contributed by atoms with Crippen LogP contribution in [0, 0.1) is 5.92 Å². The van der Waals surface area contributed by atoms with E-state index < -0.39 is 18.1 Å². The number of fused-ring (bicyclic) bond motifs is 3. The summed E-state index contributed by atoms with van der Waals surface area (Å²) in [7, 11) is 0. The van der Waals surface area contributed by atoms with Crippen LogP contribution in [-0.2, 0) is 15.0 Å². The number of hydrogen-bond acceptors (Lipinski definition) is 6. The Morgan fingerprint density at radius 3 is 2.63 bits per heavy atom. The van der Waals surface area contributed by atoms with Crippen molar-refractivity contribution in [1.82, 2.24) is 24.8 Å². The number of alkyl halides is 3. The van der Waals surface area contributed by atoms with Crippen molar-refractivity contribution in [3.8, 4) is 17.1 Å². The van der Waals surface area contributed by atoms with E-state index in [0.717, 1.165) is 35.0 Å². The topological polar surface area (TPSA) is 101 Å². The minimum absolute atomic E-state index is 0.0179. The van der Waals surface area contributed by atoms with Crippen LogP contribution in [0.25, 0.3) is 22.3 Å². The normalized spacial score (nSPS) is 23.1. The molecule has 4 aliphatic rings. The van der Waals surface area contributed by atoms with Gasteiger partial charge in [-0.05, 0) is 63.4 Å². The highest BCUT2D eigenvalue weighted by atomic mass is 19.4. The average molecular weight is 569 g/mol. The fraction of sp³-hybridized carbons (Fsp3) is 0.517. The monoisotopic (exact) mass is 568 g/mol. The minimum Gasteiger partial charge on any atom is -0.473 e. The van der Waals surface area contributed by atoms with Gasteiger partial charge in [0.15, 0.2) is 0 Å². The zero-order valence-corrected chi connectivity index (χ0v) is 22.6. The molecule has 0 radical (unpaired) electrons. The second kappa shape index (κ2) is 9.43. The minimum atomic E-state index is -4.26. The maximum absolute atomic E-state index is 13.2. The number of likely N-dealkylation sites (tertiary alicyclic amines) is 1. The molecular formula is C29H31F3N6O3. The van der Waals surface area contributed by atoms with Crippen LogP contribution in [0.5, 0.6) is 5.88 Å². The molecule has 3 aliphatic heterocycles. The average Bonchev–Trinajstić information content (AvgIpc) is 3.42. The third-order valence-electron chi connectivity index (χ3n) is 9.06. The lowest BCUT2D eigenvalue weighted by atomic mass is 9.73. The first kappa shape index (κ1) is 26.2. The van der Waals surface area contributed by atoms with Crippen molar-refractivity contribution in [2.75, 3.05) is 31.5 Å². The first-order valence-corrected chi connectivity index (χ1v) is 14.2. The van der Waals surface area contributed by atoms with Gasteiger partial charge < -0.3 is 19.9 Å². The van der Waals surface area contributed by atoms with E-state index in [0.29, 0.717) is 49.1 Å². The number of imidazole rings is 1. The van der Waals surface area contributed by atoms with E-state index in [1.807, 2.05) is 37.5 Å². The second-order valence-corrected chi connectivity index (χ2v) is 11.8. The molecule has 0 bridgehead atoms. The summed E-state index contributed by atoms with van der Waals surface area (Å²) in [6.07, 6.45) is 0.536. The van der Waals surface area contributed by atoms with Gasteiger partial charge in [0.25, 0.3) is 0 Å². The molecule has 7 rings (SSSR count). The van der Waals surface area contributed by atoms with Crippen LogP contribution in [0.4, 0.5) is 18.9 Å². The first-order chi connectivity index (χ1) is 19.6. The van der Waals surface area contributed by atoms with Crippen molar-refractivity contribution in [3.05, 3.63) is 36.2 Å². The van der Waals surface area contributed by atoms with E-state index in [1.54, 1.807) is 0 Å². The predicted molar refractivity (Wildman–Crippen MR) is 144 cm³/mol. The third-order valence-corrected chi connectivity index (χ3v) is 9.06. The molecule has 2 aromatic heterocycles. The van der Waals surface area contributed by atoms with Crippen molar-refractivity contribution in [3.63, 3.8) is 0 Å². The molecule has 1 aromatic carbocycles. The van der Waals surface area contributed by atoms with Gasteiger partial charge in [0.2, 0.25) is 17.7 Å². The second-order valence-electron chi connectivity index (χ2n) is 11.8. The van der Waals surface area contributed by atoms with Crippen LogP contribution in [0.2, 0.25) is 0 Å². The van der Waals surface area contributed by atoms with E-state index in [4.69, 9.17) is 9.72 Å². The Morgan fingerprint density at radius 1 is 1.17 bits per heavy atom. The van der Waals surface area contributed by atoms with E-state index in [2.05, 4.69) is 20.2 Å². The van der Waals surface area contributed by atoms with E-state index >= 15 is 0 Å². The number of carbonyl (C=O) groups excluding carboxylic acids is 2. The van der Waals surface area contributed by atoms with Crippen molar-refractivity contribution < 1.29 is 27.5 Å². The molecule has 0 unspecified atom stereocenters. The maximum Gasteiger partial charge on any atom is 0.401 e. The number of anilines is 1. The molecule has 1 saturated carbocycles. The Bertz CT molecular complexity index is 1540. The number of ether oxygens (including phenoxy) is 1. The summed E-state index contributed by atoms with van der Waals surface area (Å²) in [5.41, 5.74) is 3.65. The Balaban J connectivity index is 1.20. The largest absolute Gasteiger partial charge is 0.473 e. The van der Waals surface area contributed by atoms with Gasteiger partial charge in [-0.2, -0.15) is 13.2 Å². The standard InChI is InChI=1S/C29H31F3N6O3/c1-16(18-11-24(39)33-13-18)41-26-25-23(34-15-38(25)19-3-4-19)12-21(35-26)17-2-5-20-22(10-17)36-27(40)28(20)6-8-37(9-7-28)14-29(30,31)32/h2,5,10,12,15-16,18-19H,3-4,6-9,11,13-14H2,1H3,(H,33,39)(H,36,40)/t16-,18-/m1/s1. The number of nitrogens with one attached hydrogen (secondary N) is 2. The summed E-state index contributed by atoms with van der Waals surface area (Å²) in [6, 6.07) is 7.96. The van der Waals surface area contributed by atoms with Crippen molar-refractivity contribution in [1.29, 1.82) is 0 Å². The number of aromatic nitrogens is 3. The number of pyridine rings is 1. The fourth-order valence-electron chi connectivity index (χ4n) is 6.55. The lowest BCUT2D eigenvalue weighted by Crippen LogP contribution is -2.48. The molecule has 2 atom stereocenters. The number of halogens is 3. The highest BCUT2D eigenvalue weighted by Gasteiger charge is 2.49. The Hall–Kier alpha value is -3.67. The van der Waals surface area contributed by atoms with Crippen molar-refractivity contribution in [2.24, 2.45) is 5.92 Å². The molecule has 3 fully saturated rings. The quantitative estimate of drug-likeness (QED) is 0.463. The van der Waals surface area contributed by atoms with Crippen LogP contribution in [0.1, 0.15) is 50.6 Å². The molecule has 1 spiro atoms. The molecule has 216 valence electrons. The molecule has 12 heteroatoms. The van der Waals surface area contributed by atoms with Crippen LogP contribution in [0.15, 0.2) is 30.6 Å². The molecule has 2 saturated heterocycles. The van der Waals surface area contributed by atoms with Gasteiger partial charge in [0.1, 0.15) is 11.6 Å². The zero-order chi connectivity index (χ0) is 28.5. The molecule has 2 N–H and O–H groups in total. The summed E-state index contributed by atoms with van der Waals surface area (Å²) in [6.45, 7) is 1.96. The van der Waals surface area contributed by atoms with E-state index in [1.165, 1.54) is 4.90 Å². The summed E-state index contributed by atoms with van der Waals surface area (Å²) >= 11 is 0. The number of hydrogen-bond donors (Lipinski definition) is 2. The Morgan fingerprint density at radius 2 is 1.95 bits per heavy atom. The third kappa shape index (κ3) is 4.71. The smallest absolute Gasteiger partial charge is 0.401 e. The predicted octanol–water partition coefficient (Wildman–Crippen LogP) is 4.18. The molecule has 2 amide bonds.